The first kappa shape index (κ1) is 17.3. The number of ether oxygens (including phenoxy) is 2. The lowest BCUT2D eigenvalue weighted by atomic mass is 10.1. The number of rotatable bonds is 8. The summed E-state index contributed by atoms with van der Waals surface area (Å²) in [5, 5.41) is 9.84. The highest BCUT2D eigenvalue weighted by molar-refractivity contribution is 9.10. The van der Waals surface area contributed by atoms with Crippen LogP contribution in [0.4, 0.5) is 0 Å². The van der Waals surface area contributed by atoms with Crippen molar-refractivity contribution in [3.05, 3.63) is 22.2 Å². The molecule has 0 fully saturated rings. The van der Waals surface area contributed by atoms with Crippen LogP contribution in [-0.2, 0) is 11.3 Å². The predicted molar refractivity (Wildman–Crippen MR) is 84.3 cm³/mol. The summed E-state index contributed by atoms with van der Waals surface area (Å²) in [7, 11) is 3.27. The molecule has 0 aromatic heterocycles. The summed E-state index contributed by atoms with van der Waals surface area (Å²) in [6.45, 7) is 7.81. The Kier molecular flexibility index (Phi) is 7.34. The number of phenols is 1. The standard InChI is InChI=1S/C15H24BrNO3/c1-11(2)9-17(5-6-19-3)10-12-7-13(16)15(18)14(8-12)20-4/h7-8,11,18H,5-6,9-10H2,1-4H3. The van der Waals surface area contributed by atoms with Gasteiger partial charge in [0.1, 0.15) is 0 Å². The van der Waals surface area contributed by atoms with Crippen molar-refractivity contribution >= 4 is 15.9 Å². The van der Waals surface area contributed by atoms with Gasteiger partial charge in [0.25, 0.3) is 0 Å². The van der Waals surface area contributed by atoms with Gasteiger partial charge in [-0.15, -0.1) is 0 Å². The van der Waals surface area contributed by atoms with E-state index in [1.54, 1.807) is 14.2 Å². The molecule has 1 aromatic rings. The lowest BCUT2D eigenvalue weighted by molar-refractivity contribution is 0.136. The number of aromatic hydroxyl groups is 1. The molecule has 0 aliphatic carbocycles. The molecule has 0 bridgehead atoms. The van der Waals surface area contributed by atoms with E-state index in [-0.39, 0.29) is 5.75 Å². The number of methoxy groups -OCH3 is 2. The van der Waals surface area contributed by atoms with Crippen molar-refractivity contribution in [1.82, 2.24) is 4.90 Å². The zero-order valence-electron chi connectivity index (χ0n) is 12.6. The third kappa shape index (κ3) is 5.31. The zero-order chi connectivity index (χ0) is 15.1. The fourth-order valence-corrected chi connectivity index (χ4v) is 2.59. The normalized spacial score (nSPS) is 11.3. The maximum Gasteiger partial charge on any atom is 0.172 e. The Balaban J connectivity index is 2.83. The molecule has 0 atom stereocenters. The van der Waals surface area contributed by atoms with Gasteiger partial charge in [-0.25, -0.2) is 0 Å². The van der Waals surface area contributed by atoms with E-state index in [0.29, 0.717) is 22.7 Å². The molecule has 114 valence electrons. The van der Waals surface area contributed by atoms with E-state index in [1.807, 2.05) is 12.1 Å². The van der Waals surface area contributed by atoms with Gasteiger partial charge in [-0.1, -0.05) is 13.8 Å². The second kappa shape index (κ2) is 8.49. The quantitative estimate of drug-likeness (QED) is 0.785. The van der Waals surface area contributed by atoms with Gasteiger partial charge < -0.3 is 14.6 Å². The van der Waals surface area contributed by atoms with Crippen LogP contribution in [0.1, 0.15) is 19.4 Å². The van der Waals surface area contributed by atoms with Gasteiger partial charge in [0, 0.05) is 26.7 Å². The molecule has 0 amide bonds. The Labute approximate surface area is 129 Å². The number of halogens is 1. The molecule has 1 aromatic carbocycles. The smallest absolute Gasteiger partial charge is 0.172 e. The van der Waals surface area contributed by atoms with Gasteiger partial charge in [0.05, 0.1) is 18.2 Å². The van der Waals surface area contributed by atoms with Crippen LogP contribution in [0.5, 0.6) is 11.5 Å². The molecule has 0 radical (unpaired) electrons. The van der Waals surface area contributed by atoms with Gasteiger partial charge >= 0.3 is 0 Å². The maximum atomic E-state index is 9.84. The number of benzene rings is 1. The van der Waals surface area contributed by atoms with Crippen molar-refractivity contribution in [2.45, 2.75) is 20.4 Å². The number of hydrogen-bond donors (Lipinski definition) is 1. The third-order valence-corrected chi connectivity index (χ3v) is 3.55. The van der Waals surface area contributed by atoms with Crippen molar-refractivity contribution in [1.29, 1.82) is 0 Å². The second-order valence-electron chi connectivity index (χ2n) is 5.25. The molecular weight excluding hydrogens is 322 g/mol. The first-order chi connectivity index (χ1) is 9.47. The Morgan fingerprint density at radius 3 is 2.55 bits per heavy atom. The minimum atomic E-state index is 0.142. The molecule has 0 unspecified atom stereocenters. The summed E-state index contributed by atoms with van der Waals surface area (Å²) in [6, 6.07) is 3.80. The number of hydrogen-bond acceptors (Lipinski definition) is 4. The molecule has 0 saturated carbocycles. The SMILES string of the molecule is COCCN(Cc1cc(Br)c(O)c(OC)c1)CC(C)C. The van der Waals surface area contributed by atoms with E-state index >= 15 is 0 Å². The number of phenolic OH excluding ortho intramolecular Hbond substituents is 1. The van der Waals surface area contributed by atoms with Gasteiger partial charge in [-0.2, -0.15) is 0 Å². The fourth-order valence-electron chi connectivity index (χ4n) is 2.10. The van der Waals surface area contributed by atoms with Crippen LogP contribution in [0.3, 0.4) is 0 Å². The van der Waals surface area contributed by atoms with Crippen LogP contribution in [0.2, 0.25) is 0 Å². The van der Waals surface area contributed by atoms with Crippen LogP contribution >= 0.6 is 15.9 Å². The molecule has 1 N–H and O–H groups in total. The summed E-state index contributed by atoms with van der Waals surface area (Å²) in [5.41, 5.74) is 1.10. The number of nitrogens with zero attached hydrogens (tertiary/aromatic N) is 1. The van der Waals surface area contributed by atoms with E-state index in [4.69, 9.17) is 9.47 Å². The largest absolute Gasteiger partial charge is 0.503 e. The van der Waals surface area contributed by atoms with E-state index < -0.39 is 0 Å². The van der Waals surface area contributed by atoms with E-state index in [1.165, 1.54) is 0 Å². The van der Waals surface area contributed by atoms with Gasteiger partial charge in [0.15, 0.2) is 11.5 Å². The molecular formula is C15H24BrNO3. The van der Waals surface area contributed by atoms with Crippen molar-refractivity contribution < 1.29 is 14.6 Å². The molecule has 0 heterocycles. The Morgan fingerprint density at radius 2 is 2.00 bits per heavy atom. The lowest BCUT2D eigenvalue weighted by Crippen LogP contribution is -2.30. The highest BCUT2D eigenvalue weighted by atomic mass is 79.9. The third-order valence-electron chi connectivity index (χ3n) is 2.95. The van der Waals surface area contributed by atoms with Crippen molar-refractivity contribution in [2.75, 3.05) is 33.9 Å². The van der Waals surface area contributed by atoms with Crippen LogP contribution in [-0.4, -0.2) is 43.9 Å². The van der Waals surface area contributed by atoms with E-state index in [2.05, 4.69) is 34.7 Å². The fraction of sp³-hybridized carbons (Fsp3) is 0.600. The molecule has 0 aliphatic rings. The Hall–Kier alpha value is -0.780. The topological polar surface area (TPSA) is 41.9 Å². The van der Waals surface area contributed by atoms with Gasteiger partial charge in [-0.05, 0) is 39.5 Å². The molecule has 1 rings (SSSR count). The first-order valence-electron chi connectivity index (χ1n) is 6.74. The highest BCUT2D eigenvalue weighted by Crippen LogP contribution is 2.35. The van der Waals surface area contributed by atoms with Crippen molar-refractivity contribution in [3.63, 3.8) is 0 Å². The summed E-state index contributed by atoms with van der Waals surface area (Å²) in [4.78, 5) is 2.34. The predicted octanol–water partition coefficient (Wildman–Crippen LogP) is 3.27. The summed E-state index contributed by atoms with van der Waals surface area (Å²) >= 11 is 3.36. The molecule has 4 nitrogen and oxygen atoms in total. The molecule has 5 heteroatoms. The first-order valence-corrected chi connectivity index (χ1v) is 7.53. The Morgan fingerprint density at radius 1 is 1.30 bits per heavy atom. The summed E-state index contributed by atoms with van der Waals surface area (Å²) in [6.07, 6.45) is 0. The minimum Gasteiger partial charge on any atom is -0.503 e. The molecule has 0 spiro atoms. The van der Waals surface area contributed by atoms with Crippen LogP contribution < -0.4 is 4.74 Å². The summed E-state index contributed by atoms with van der Waals surface area (Å²) in [5.74, 6) is 1.23. The highest BCUT2D eigenvalue weighted by Gasteiger charge is 2.12. The van der Waals surface area contributed by atoms with Crippen LogP contribution in [0.25, 0.3) is 0 Å². The van der Waals surface area contributed by atoms with Crippen LogP contribution in [0, 0.1) is 5.92 Å². The van der Waals surface area contributed by atoms with E-state index in [0.717, 1.165) is 25.2 Å². The van der Waals surface area contributed by atoms with Crippen molar-refractivity contribution in [3.8, 4) is 11.5 Å². The molecule has 0 saturated heterocycles. The van der Waals surface area contributed by atoms with Gasteiger partial charge in [0.2, 0.25) is 0 Å². The monoisotopic (exact) mass is 345 g/mol. The van der Waals surface area contributed by atoms with Gasteiger partial charge in [-0.3, -0.25) is 4.90 Å². The summed E-state index contributed by atoms with van der Waals surface area (Å²) < 4.78 is 11.0. The van der Waals surface area contributed by atoms with Crippen LogP contribution in [0.15, 0.2) is 16.6 Å². The molecule has 20 heavy (non-hydrogen) atoms. The molecule has 0 aliphatic heterocycles. The zero-order valence-corrected chi connectivity index (χ0v) is 14.2. The Bertz CT molecular complexity index is 424. The second-order valence-corrected chi connectivity index (χ2v) is 6.10. The van der Waals surface area contributed by atoms with Crippen molar-refractivity contribution in [2.24, 2.45) is 5.92 Å². The van der Waals surface area contributed by atoms with E-state index in [9.17, 15) is 5.11 Å². The minimum absolute atomic E-state index is 0.142. The average molecular weight is 346 g/mol. The average Bonchev–Trinajstić information content (AvgIpc) is 2.39. The maximum absolute atomic E-state index is 9.84. The lowest BCUT2D eigenvalue weighted by Gasteiger charge is -2.24.